The monoisotopic (exact) mass is 211 g/mol. The van der Waals surface area contributed by atoms with Crippen LogP contribution in [0.25, 0.3) is 10.2 Å². The van der Waals surface area contributed by atoms with Gasteiger partial charge in [0.2, 0.25) is 0 Å². The summed E-state index contributed by atoms with van der Waals surface area (Å²) in [6, 6.07) is 1.88. The van der Waals surface area contributed by atoms with Crippen LogP contribution in [0.5, 0.6) is 0 Å². The van der Waals surface area contributed by atoms with Crippen LogP contribution in [0.4, 0.5) is 0 Å². The molecule has 0 bridgehead atoms. The molecule has 2 aromatic heterocycles. The Labute approximate surface area is 84.2 Å². The first-order valence-electron chi connectivity index (χ1n) is 3.73. The van der Waals surface area contributed by atoms with Gasteiger partial charge in [-0.1, -0.05) is 11.6 Å². The lowest BCUT2D eigenvalue weighted by Crippen LogP contribution is -1.94. The van der Waals surface area contributed by atoms with E-state index in [1.54, 1.807) is 0 Å². The molecule has 4 heteroatoms. The molecule has 0 spiro atoms. The highest BCUT2D eigenvalue weighted by molar-refractivity contribution is 7.16. The maximum atomic E-state index is 11.1. The minimum atomic E-state index is -0.0504. The van der Waals surface area contributed by atoms with Crippen molar-refractivity contribution in [1.82, 2.24) is 4.98 Å². The molecule has 0 aliphatic rings. The lowest BCUT2D eigenvalue weighted by Gasteiger charge is -1.99. The molecule has 0 saturated heterocycles. The Hall–Kier alpha value is -0.930. The SMILES string of the molecule is CC(=O)c1cnc2sccc2c1Cl. The van der Waals surface area contributed by atoms with Gasteiger partial charge in [-0.3, -0.25) is 4.79 Å². The number of fused-ring (bicyclic) bond motifs is 1. The highest BCUT2D eigenvalue weighted by atomic mass is 35.5. The highest BCUT2D eigenvalue weighted by Gasteiger charge is 2.10. The van der Waals surface area contributed by atoms with E-state index in [1.807, 2.05) is 11.4 Å². The average molecular weight is 212 g/mol. The van der Waals surface area contributed by atoms with Crippen molar-refractivity contribution in [1.29, 1.82) is 0 Å². The van der Waals surface area contributed by atoms with Crippen molar-refractivity contribution < 1.29 is 4.79 Å². The first kappa shape index (κ1) is 8.66. The summed E-state index contributed by atoms with van der Waals surface area (Å²) in [5, 5.41) is 3.28. The zero-order chi connectivity index (χ0) is 9.42. The molecular formula is C9H6ClNOS. The smallest absolute Gasteiger partial charge is 0.162 e. The van der Waals surface area contributed by atoms with Crippen molar-refractivity contribution in [3.63, 3.8) is 0 Å². The molecule has 2 aromatic rings. The molecular weight excluding hydrogens is 206 g/mol. The molecule has 13 heavy (non-hydrogen) atoms. The fourth-order valence-electron chi connectivity index (χ4n) is 1.14. The van der Waals surface area contributed by atoms with E-state index in [0.29, 0.717) is 10.6 Å². The van der Waals surface area contributed by atoms with Crippen LogP contribution in [0, 0.1) is 0 Å². The van der Waals surface area contributed by atoms with Gasteiger partial charge in [-0.15, -0.1) is 11.3 Å². The van der Waals surface area contributed by atoms with Gasteiger partial charge in [0.05, 0.1) is 10.6 Å². The van der Waals surface area contributed by atoms with Gasteiger partial charge in [0, 0.05) is 11.6 Å². The topological polar surface area (TPSA) is 30.0 Å². The van der Waals surface area contributed by atoms with Gasteiger partial charge in [-0.2, -0.15) is 0 Å². The number of hydrogen-bond acceptors (Lipinski definition) is 3. The molecule has 0 fully saturated rings. The molecule has 0 aliphatic heterocycles. The molecule has 0 aliphatic carbocycles. The van der Waals surface area contributed by atoms with Crippen LogP contribution in [0.3, 0.4) is 0 Å². The zero-order valence-corrected chi connectivity index (χ0v) is 8.45. The molecule has 2 rings (SSSR count). The van der Waals surface area contributed by atoms with Gasteiger partial charge < -0.3 is 0 Å². The Balaban J connectivity index is 2.80. The molecule has 0 radical (unpaired) electrons. The first-order chi connectivity index (χ1) is 6.20. The Kier molecular flexibility index (Phi) is 2.06. The Morgan fingerprint density at radius 2 is 2.38 bits per heavy atom. The second kappa shape index (κ2) is 3.09. The number of ketones is 1. The van der Waals surface area contributed by atoms with Crippen LogP contribution in [0.15, 0.2) is 17.6 Å². The standard InChI is InChI=1S/C9H6ClNOS/c1-5(12)7-4-11-9-6(8(7)10)2-3-13-9/h2-4H,1H3. The highest BCUT2D eigenvalue weighted by Crippen LogP contribution is 2.28. The third-order valence-corrected chi connectivity index (χ3v) is 3.04. The predicted octanol–water partition coefficient (Wildman–Crippen LogP) is 3.15. The van der Waals surface area contributed by atoms with Crippen LogP contribution >= 0.6 is 22.9 Å². The van der Waals surface area contributed by atoms with Crippen molar-refractivity contribution in [3.8, 4) is 0 Å². The average Bonchev–Trinajstić information content (AvgIpc) is 2.52. The maximum absolute atomic E-state index is 11.1. The van der Waals surface area contributed by atoms with E-state index in [1.165, 1.54) is 24.5 Å². The van der Waals surface area contributed by atoms with Crippen molar-refractivity contribution in [2.45, 2.75) is 6.92 Å². The molecule has 0 atom stereocenters. The zero-order valence-electron chi connectivity index (χ0n) is 6.87. The number of nitrogens with zero attached hydrogens (tertiary/aromatic N) is 1. The number of Topliss-reactive ketones (excluding diaryl/α,β-unsaturated/α-hetero) is 1. The maximum Gasteiger partial charge on any atom is 0.162 e. The van der Waals surface area contributed by atoms with Crippen LogP contribution in [0.1, 0.15) is 17.3 Å². The number of hydrogen-bond donors (Lipinski definition) is 0. The van der Waals surface area contributed by atoms with E-state index in [9.17, 15) is 4.79 Å². The van der Waals surface area contributed by atoms with Gasteiger partial charge in [0.15, 0.2) is 5.78 Å². The third kappa shape index (κ3) is 1.34. The van der Waals surface area contributed by atoms with Gasteiger partial charge in [0.1, 0.15) is 4.83 Å². The molecule has 0 amide bonds. The summed E-state index contributed by atoms with van der Waals surface area (Å²) in [4.78, 5) is 16.1. The number of thiophene rings is 1. The largest absolute Gasteiger partial charge is 0.294 e. The predicted molar refractivity (Wildman–Crippen MR) is 54.6 cm³/mol. The molecule has 0 unspecified atom stereocenters. The Morgan fingerprint density at radius 1 is 1.62 bits per heavy atom. The van der Waals surface area contributed by atoms with E-state index < -0.39 is 0 Å². The number of carbonyl (C=O) groups excluding carboxylic acids is 1. The van der Waals surface area contributed by atoms with Gasteiger partial charge in [-0.25, -0.2) is 4.98 Å². The number of carbonyl (C=O) groups is 1. The minimum absolute atomic E-state index is 0.0504. The Morgan fingerprint density at radius 3 is 3.08 bits per heavy atom. The van der Waals surface area contributed by atoms with Crippen LogP contribution in [-0.4, -0.2) is 10.8 Å². The lowest BCUT2D eigenvalue weighted by molar-refractivity contribution is 0.101. The number of aromatic nitrogens is 1. The summed E-state index contributed by atoms with van der Waals surface area (Å²) >= 11 is 7.54. The van der Waals surface area contributed by atoms with Crippen LogP contribution in [0.2, 0.25) is 5.02 Å². The second-order valence-corrected chi connectivity index (χ2v) is 3.95. The molecule has 0 aromatic carbocycles. The molecule has 66 valence electrons. The van der Waals surface area contributed by atoms with E-state index in [4.69, 9.17) is 11.6 Å². The van der Waals surface area contributed by atoms with Gasteiger partial charge >= 0.3 is 0 Å². The van der Waals surface area contributed by atoms with Crippen molar-refractivity contribution in [2.75, 3.05) is 0 Å². The lowest BCUT2D eigenvalue weighted by atomic mass is 10.2. The summed E-state index contributed by atoms with van der Waals surface area (Å²) in [5.41, 5.74) is 0.493. The van der Waals surface area contributed by atoms with E-state index >= 15 is 0 Å². The molecule has 2 nitrogen and oxygen atoms in total. The summed E-state index contributed by atoms with van der Waals surface area (Å²) < 4.78 is 0. The van der Waals surface area contributed by atoms with Gasteiger partial charge in [0.25, 0.3) is 0 Å². The van der Waals surface area contributed by atoms with Gasteiger partial charge in [-0.05, 0) is 18.4 Å². The first-order valence-corrected chi connectivity index (χ1v) is 4.98. The minimum Gasteiger partial charge on any atom is -0.294 e. The number of rotatable bonds is 1. The third-order valence-electron chi connectivity index (χ3n) is 1.81. The van der Waals surface area contributed by atoms with Crippen molar-refractivity contribution in [2.24, 2.45) is 0 Å². The molecule has 2 heterocycles. The van der Waals surface area contributed by atoms with Crippen molar-refractivity contribution in [3.05, 3.63) is 28.2 Å². The van der Waals surface area contributed by atoms with E-state index in [2.05, 4.69) is 4.98 Å². The van der Waals surface area contributed by atoms with E-state index in [0.717, 1.165) is 10.2 Å². The second-order valence-electron chi connectivity index (χ2n) is 2.68. The summed E-state index contributed by atoms with van der Waals surface area (Å²) in [5.74, 6) is -0.0504. The summed E-state index contributed by atoms with van der Waals surface area (Å²) in [6.07, 6.45) is 1.53. The molecule has 0 saturated carbocycles. The number of pyridine rings is 1. The van der Waals surface area contributed by atoms with Crippen molar-refractivity contribution >= 4 is 38.9 Å². The summed E-state index contributed by atoms with van der Waals surface area (Å²) in [7, 11) is 0. The number of halogens is 1. The van der Waals surface area contributed by atoms with E-state index in [-0.39, 0.29) is 5.78 Å². The fraction of sp³-hybridized carbons (Fsp3) is 0.111. The normalized spacial score (nSPS) is 10.6. The van der Waals surface area contributed by atoms with Crippen LogP contribution in [-0.2, 0) is 0 Å². The summed E-state index contributed by atoms with van der Waals surface area (Å²) in [6.45, 7) is 1.49. The fourth-order valence-corrected chi connectivity index (χ4v) is 2.27. The molecule has 0 N–H and O–H groups in total. The Bertz CT molecular complexity index is 477. The van der Waals surface area contributed by atoms with Crippen LogP contribution < -0.4 is 0 Å². The quantitative estimate of drug-likeness (QED) is 0.679.